The molecule has 1 atom stereocenters. The van der Waals surface area contributed by atoms with Crippen molar-refractivity contribution in [2.24, 2.45) is 0 Å². The van der Waals surface area contributed by atoms with Crippen molar-refractivity contribution >= 4 is 29.1 Å². The standard InChI is InChI=1S/C32H33NO6/c1-6-38-26-16-15-21(18-25(26)19(3)4)29(34)27-28(24-14-9-8-11-20(24)5)33(31(36)30(27)35)23-13-10-12-22(17-23)32(37)39-7-2/h8-19,28,34H,6-7H2,1-5H3/b29-27+. The van der Waals surface area contributed by atoms with Crippen LogP contribution in [-0.2, 0) is 14.3 Å². The third-order valence-corrected chi connectivity index (χ3v) is 6.77. The van der Waals surface area contributed by atoms with Gasteiger partial charge in [-0.2, -0.15) is 0 Å². The fourth-order valence-corrected chi connectivity index (χ4v) is 4.87. The summed E-state index contributed by atoms with van der Waals surface area (Å²) in [6.45, 7) is 10.2. The lowest BCUT2D eigenvalue weighted by molar-refractivity contribution is -0.132. The van der Waals surface area contributed by atoms with E-state index >= 15 is 0 Å². The number of ether oxygens (including phenoxy) is 2. The molecule has 1 saturated heterocycles. The summed E-state index contributed by atoms with van der Waals surface area (Å²) >= 11 is 0. The monoisotopic (exact) mass is 527 g/mol. The van der Waals surface area contributed by atoms with Gasteiger partial charge in [-0.15, -0.1) is 0 Å². The van der Waals surface area contributed by atoms with Crippen molar-refractivity contribution in [3.05, 3.63) is 100 Å². The van der Waals surface area contributed by atoms with Crippen molar-refractivity contribution in [2.45, 2.75) is 46.6 Å². The Balaban J connectivity index is 1.93. The summed E-state index contributed by atoms with van der Waals surface area (Å²) < 4.78 is 10.9. The van der Waals surface area contributed by atoms with Crippen LogP contribution in [0.15, 0.2) is 72.3 Å². The van der Waals surface area contributed by atoms with Gasteiger partial charge < -0.3 is 14.6 Å². The van der Waals surface area contributed by atoms with E-state index in [1.54, 1.807) is 43.3 Å². The molecule has 0 aromatic heterocycles. The van der Waals surface area contributed by atoms with Crippen LogP contribution in [0.5, 0.6) is 5.75 Å². The predicted molar refractivity (Wildman–Crippen MR) is 150 cm³/mol. The number of rotatable bonds is 8. The Morgan fingerprint density at radius 1 is 0.949 bits per heavy atom. The van der Waals surface area contributed by atoms with E-state index in [0.29, 0.717) is 29.2 Å². The van der Waals surface area contributed by atoms with E-state index in [4.69, 9.17) is 9.47 Å². The maximum atomic E-state index is 13.6. The molecular weight excluding hydrogens is 494 g/mol. The Morgan fingerprint density at radius 3 is 2.36 bits per heavy atom. The zero-order valence-corrected chi connectivity index (χ0v) is 22.9. The number of carbonyl (C=O) groups excluding carboxylic acids is 3. The van der Waals surface area contributed by atoms with Crippen LogP contribution < -0.4 is 9.64 Å². The number of aryl methyl sites for hydroxylation is 1. The van der Waals surface area contributed by atoms with E-state index in [2.05, 4.69) is 0 Å². The van der Waals surface area contributed by atoms with Gasteiger partial charge in [-0.1, -0.05) is 44.2 Å². The Hall–Kier alpha value is -4.39. The highest BCUT2D eigenvalue weighted by Crippen LogP contribution is 2.43. The number of aliphatic hydroxyl groups excluding tert-OH is 1. The molecule has 1 heterocycles. The molecule has 0 saturated carbocycles. The van der Waals surface area contributed by atoms with Crippen LogP contribution in [0.4, 0.5) is 5.69 Å². The fourth-order valence-electron chi connectivity index (χ4n) is 4.87. The summed E-state index contributed by atoms with van der Waals surface area (Å²) in [5.41, 5.74) is 3.42. The fraction of sp³-hybridized carbons (Fsp3) is 0.281. The van der Waals surface area contributed by atoms with Gasteiger partial charge in [-0.05, 0) is 79.8 Å². The maximum Gasteiger partial charge on any atom is 0.338 e. The van der Waals surface area contributed by atoms with Gasteiger partial charge in [-0.25, -0.2) is 4.79 Å². The minimum atomic E-state index is -0.905. The maximum absolute atomic E-state index is 13.6. The number of aliphatic hydroxyl groups is 1. The topological polar surface area (TPSA) is 93.1 Å². The quantitative estimate of drug-likeness (QED) is 0.159. The lowest BCUT2D eigenvalue weighted by Crippen LogP contribution is -2.30. The van der Waals surface area contributed by atoms with Crippen molar-refractivity contribution in [3.63, 3.8) is 0 Å². The van der Waals surface area contributed by atoms with Gasteiger partial charge in [0.1, 0.15) is 11.5 Å². The first-order chi connectivity index (χ1) is 18.7. The number of nitrogens with zero attached hydrogens (tertiary/aromatic N) is 1. The summed E-state index contributed by atoms with van der Waals surface area (Å²) in [6.07, 6.45) is 0. The second-order valence-corrected chi connectivity index (χ2v) is 9.64. The average molecular weight is 528 g/mol. The van der Waals surface area contributed by atoms with Gasteiger partial charge in [-0.3, -0.25) is 14.5 Å². The molecule has 1 aliphatic heterocycles. The lowest BCUT2D eigenvalue weighted by atomic mass is 9.91. The van der Waals surface area contributed by atoms with E-state index in [0.717, 1.165) is 11.1 Å². The zero-order valence-electron chi connectivity index (χ0n) is 22.9. The number of amides is 1. The van der Waals surface area contributed by atoms with Crippen LogP contribution in [0.25, 0.3) is 5.76 Å². The number of ketones is 1. The SMILES string of the molecule is CCOC(=O)c1cccc(N2C(=O)C(=O)/C(=C(/O)c3ccc(OCC)c(C(C)C)c3)C2c2ccccc2C)c1. The van der Waals surface area contributed by atoms with Gasteiger partial charge in [0.15, 0.2) is 0 Å². The van der Waals surface area contributed by atoms with Crippen LogP contribution in [0.3, 0.4) is 0 Å². The van der Waals surface area contributed by atoms with E-state index in [1.165, 1.54) is 11.0 Å². The van der Waals surface area contributed by atoms with Gasteiger partial charge in [0, 0.05) is 11.3 Å². The summed E-state index contributed by atoms with van der Waals surface area (Å²) in [5, 5.41) is 11.6. The molecule has 0 radical (unpaired) electrons. The Kier molecular flexibility index (Phi) is 8.19. The number of hydrogen-bond donors (Lipinski definition) is 1. The molecule has 3 aromatic carbocycles. The van der Waals surface area contributed by atoms with Gasteiger partial charge in [0.05, 0.1) is 30.4 Å². The molecule has 0 aliphatic carbocycles. The van der Waals surface area contributed by atoms with Gasteiger partial charge >= 0.3 is 5.97 Å². The second-order valence-electron chi connectivity index (χ2n) is 9.64. The first kappa shape index (κ1) is 27.6. The van der Waals surface area contributed by atoms with Gasteiger partial charge in [0.2, 0.25) is 0 Å². The van der Waals surface area contributed by atoms with Crippen LogP contribution in [0.1, 0.15) is 72.3 Å². The van der Waals surface area contributed by atoms with E-state index in [1.807, 2.05) is 52.0 Å². The van der Waals surface area contributed by atoms with Crippen LogP contribution in [0, 0.1) is 6.92 Å². The average Bonchev–Trinajstić information content (AvgIpc) is 3.18. The zero-order chi connectivity index (χ0) is 28.3. The minimum absolute atomic E-state index is 0.0188. The molecule has 1 fully saturated rings. The molecule has 1 aliphatic rings. The van der Waals surface area contributed by atoms with E-state index in [-0.39, 0.29) is 29.4 Å². The largest absolute Gasteiger partial charge is 0.507 e. The number of benzene rings is 3. The molecule has 1 unspecified atom stereocenters. The lowest BCUT2D eigenvalue weighted by Gasteiger charge is -2.27. The van der Waals surface area contributed by atoms with Crippen molar-refractivity contribution in [1.82, 2.24) is 0 Å². The summed E-state index contributed by atoms with van der Waals surface area (Å²) in [7, 11) is 0. The molecule has 3 aromatic rings. The number of carbonyl (C=O) groups is 3. The highest BCUT2D eigenvalue weighted by Gasteiger charge is 2.47. The van der Waals surface area contributed by atoms with Crippen molar-refractivity contribution in [1.29, 1.82) is 0 Å². The Bertz CT molecular complexity index is 1450. The normalized spacial score (nSPS) is 16.6. The van der Waals surface area contributed by atoms with Crippen molar-refractivity contribution in [2.75, 3.05) is 18.1 Å². The minimum Gasteiger partial charge on any atom is -0.507 e. The Labute approximate surface area is 228 Å². The number of hydrogen-bond acceptors (Lipinski definition) is 6. The van der Waals surface area contributed by atoms with Crippen molar-refractivity contribution in [3.8, 4) is 5.75 Å². The highest BCUT2D eigenvalue weighted by atomic mass is 16.5. The molecule has 202 valence electrons. The second kappa shape index (κ2) is 11.6. The number of esters is 1. The molecule has 1 amide bonds. The Morgan fingerprint density at radius 2 is 1.69 bits per heavy atom. The third kappa shape index (κ3) is 5.30. The summed E-state index contributed by atoms with van der Waals surface area (Å²) in [4.78, 5) is 40.9. The molecule has 7 heteroatoms. The molecule has 0 spiro atoms. The predicted octanol–water partition coefficient (Wildman–Crippen LogP) is 6.32. The molecule has 1 N–H and O–H groups in total. The highest BCUT2D eigenvalue weighted by molar-refractivity contribution is 6.51. The first-order valence-electron chi connectivity index (χ1n) is 13.1. The van der Waals surface area contributed by atoms with Crippen LogP contribution >= 0.6 is 0 Å². The van der Waals surface area contributed by atoms with Crippen molar-refractivity contribution < 1.29 is 29.0 Å². The molecular formula is C32H33NO6. The van der Waals surface area contributed by atoms with Crippen LogP contribution in [-0.4, -0.2) is 36.0 Å². The summed E-state index contributed by atoms with van der Waals surface area (Å²) in [5.74, 6) is -1.59. The third-order valence-electron chi connectivity index (χ3n) is 6.77. The number of anilines is 1. The molecule has 39 heavy (non-hydrogen) atoms. The molecule has 7 nitrogen and oxygen atoms in total. The first-order valence-corrected chi connectivity index (χ1v) is 13.1. The molecule has 4 rings (SSSR count). The van der Waals surface area contributed by atoms with E-state index in [9.17, 15) is 19.5 Å². The molecule has 0 bridgehead atoms. The van der Waals surface area contributed by atoms with E-state index < -0.39 is 23.7 Å². The summed E-state index contributed by atoms with van der Waals surface area (Å²) in [6, 6.07) is 18.2. The smallest absolute Gasteiger partial charge is 0.338 e. The van der Waals surface area contributed by atoms with Crippen LogP contribution in [0.2, 0.25) is 0 Å². The van der Waals surface area contributed by atoms with Gasteiger partial charge in [0.25, 0.3) is 11.7 Å². The number of Topliss-reactive ketones (excluding diaryl/α,β-unsaturated/α-hetero) is 1.